The van der Waals surface area contributed by atoms with Crippen LogP contribution in [0.1, 0.15) is 52.4 Å². The Labute approximate surface area is 103 Å². The topological polar surface area (TPSA) is 69.4 Å². The lowest BCUT2D eigenvalue weighted by Gasteiger charge is -2.32. The molecule has 2 atom stereocenters. The highest BCUT2D eigenvalue weighted by Gasteiger charge is 2.45. The maximum absolute atomic E-state index is 12.0. The van der Waals surface area contributed by atoms with E-state index in [2.05, 4.69) is 0 Å². The zero-order valence-electron chi connectivity index (χ0n) is 10.8. The second kappa shape index (κ2) is 6.15. The lowest BCUT2D eigenvalue weighted by molar-refractivity contribution is -0.154. The number of ketones is 1. The van der Waals surface area contributed by atoms with Crippen LogP contribution < -0.4 is 5.73 Å². The zero-order valence-corrected chi connectivity index (χ0v) is 10.8. The van der Waals surface area contributed by atoms with E-state index in [9.17, 15) is 9.59 Å². The molecular formula is C13H23NO3. The highest BCUT2D eigenvalue weighted by Crippen LogP contribution is 2.31. The van der Waals surface area contributed by atoms with Crippen molar-refractivity contribution in [1.82, 2.24) is 0 Å². The lowest BCUT2D eigenvalue weighted by Crippen LogP contribution is -2.56. The van der Waals surface area contributed by atoms with Gasteiger partial charge in [-0.05, 0) is 26.2 Å². The molecule has 0 radical (unpaired) electrons. The fourth-order valence-electron chi connectivity index (χ4n) is 2.50. The molecule has 1 aliphatic carbocycles. The summed E-state index contributed by atoms with van der Waals surface area (Å²) >= 11 is 0. The van der Waals surface area contributed by atoms with E-state index in [0.29, 0.717) is 25.9 Å². The summed E-state index contributed by atoms with van der Waals surface area (Å²) in [6.07, 6.45) is 4.63. The van der Waals surface area contributed by atoms with Crippen molar-refractivity contribution < 1.29 is 14.3 Å². The van der Waals surface area contributed by atoms with Crippen LogP contribution in [0, 0.1) is 5.92 Å². The molecule has 0 aromatic rings. The average Bonchev–Trinajstić information content (AvgIpc) is 2.53. The minimum atomic E-state index is -1.13. The van der Waals surface area contributed by atoms with Crippen LogP contribution in [0.3, 0.4) is 0 Å². The minimum Gasteiger partial charge on any atom is -0.465 e. The molecule has 17 heavy (non-hydrogen) atoms. The highest BCUT2D eigenvalue weighted by molar-refractivity contribution is 5.91. The number of hydrogen-bond acceptors (Lipinski definition) is 4. The molecule has 2 N–H and O–H groups in total. The first-order valence-corrected chi connectivity index (χ1v) is 6.55. The Morgan fingerprint density at radius 3 is 2.71 bits per heavy atom. The molecule has 1 fully saturated rings. The first-order valence-electron chi connectivity index (χ1n) is 6.55. The molecule has 0 heterocycles. The highest BCUT2D eigenvalue weighted by atomic mass is 16.5. The number of rotatable bonds is 4. The maximum Gasteiger partial charge on any atom is 0.326 e. The van der Waals surface area contributed by atoms with Crippen molar-refractivity contribution in [3.63, 3.8) is 0 Å². The molecule has 1 saturated carbocycles. The van der Waals surface area contributed by atoms with Gasteiger partial charge < -0.3 is 10.5 Å². The van der Waals surface area contributed by atoms with Gasteiger partial charge in [0.2, 0.25) is 0 Å². The predicted molar refractivity (Wildman–Crippen MR) is 65.4 cm³/mol. The van der Waals surface area contributed by atoms with Gasteiger partial charge in [0.25, 0.3) is 0 Å². The fraction of sp³-hybridized carbons (Fsp3) is 0.846. The maximum atomic E-state index is 12.0. The Morgan fingerprint density at radius 1 is 1.41 bits per heavy atom. The van der Waals surface area contributed by atoms with Crippen molar-refractivity contribution in [3.05, 3.63) is 0 Å². The fourth-order valence-corrected chi connectivity index (χ4v) is 2.50. The number of hydrogen-bond donors (Lipinski definition) is 1. The predicted octanol–water partition coefficient (Wildman–Crippen LogP) is 1.81. The number of carbonyl (C=O) groups is 2. The summed E-state index contributed by atoms with van der Waals surface area (Å²) in [5, 5.41) is 0. The van der Waals surface area contributed by atoms with Gasteiger partial charge in [0.1, 0.15) is 11.3 Å². The second-order valence-electron chi connectivity index (χ2n) is 4.73. The van der Waals surface area contributed by atoms with Gasteiger partial charge in [0.15, 0.2) is 0 Å². The van der Waals surface area contributed by atoms with Gasteiger partial charge in [0.05, 0.1) is 6.61 Å². The molecule has 4 heteroatoms. The van der Waals surface area contributed by atoms with Gasteiger partial charge in [-0.15, -0.1) is 0 Å². The molecule has 0 spiro atoms. The van der Waals surface area contributed by atoms with Crippen molar-refractivity contribution in [2.45, 2.75) is 57.9 Å². The Kier molecular flexibility index (Phi) is 5.12. The molecule has 98 valence electrons. The van der Waals surface area contributed by atoms with Gasteiger partial charge in [-0.3, -0.25) is 9.59 Å². The monoisotopic (exact) mass is 241 g/mol. The van der Waals surface area contributed by atoms with Crippen LogP contribution in [-0.2, 0) is 14.3 Å². The molecular weight excluding hydrogens is 218 g/mol. The third kappa shape index (κ3) is 3.06. The Hall–Kier alpha value is -0.900. The summed E-state index contributed by atoms with van der Waals surface area (Å²) in [5.41, 5.74) is 5.04. The van der Waals surface area contributed by atoms with Gasteiger partial charge in [-0.1, -0.05) is 19.8 Å². The van der Waals surface area contributed by atoms with E-state index in [1.807, 2.05) is 6.92 Å². The van der Waals surface area contributed by atoms with E-state index in [-0.39, 0.29) is 11.7 Å². The number of Topliss-reactive ketones (excluding diaryl/α,β-unsaturated/α-hetero) is 1. The largest absolute Gasteiger partial charge is 0.465 e. The summed E-state index contributed by atoms with van der Waals surface area (Å²) in [5.74, 6) is -0.670. The summed E-state index contributed by atoms with van der Waals surface area (Å²) in [4.78, 5) is 24.0. The SMILES string of the molecule is CCOC(=O)[C@](N)(CC)[C@H]1CCCCCC1=O. The first kappa shape index (κ1) is 14.2. The molecule has 1 rings (SSSR count). The number of carbonyl (C=O) groups excluding carboxylic acids is 2. The van der Waals surface area contributed by atoms with Crippen molar-refractivity contribution in [3.8, 4) is 0 Å². The molecule has 0 saturated heterocycles. The van der Waals surface area contributed by atoms with Gasteiger partial charge >= 0.3 is 5.97 Å². The molecule has 4 nitrogen and oxygen atoms in total. The summed E-state index contributed by atoms with van der Waals surface area (Å²) in [6.45, 7) is 3.90. The minimum absolute atomic E-state index is 0.125. The van der Waals surface area contributed by atoms with E-state index >= 15 is 0 Å². The molecule has 0 aliphatic heterocycles. The normalized spacial score (nSPS) is 24.9. The molecule has 0 aromatic heterocycles. The van der Waals surface area contributed by atoms with E-state index in [1.54, 1.807) is 6.92 Å². The standard InChI is InChI=1S/C13H23NO3/c1-3-13(14,12(16)17-4-2)10-8-6-5-7-9-11(10)15/h10H,3-9,14H2,1-2H3/t10-,13-/m0/s1. The third-order valence-electron chi connectivity index (χ3n) is 3.67. The average molecular weight is 241 g/mol. The zero-order chi connectivity index (χ0) is 12.9. The van der Waals surface area contributed by atoms with E-state index < -0.39 is 11.5 Å². The van der Waals surface area contributed by atoms with E-state index in [4.69, 9.17) is 10.5 Å². The van der Waals surface area contributed by atoms with Crippen molar-refractivity contribution in [2.24, 2.45) is 11.7 Å². The van der Waals surface area contributed by atoms with Crippen LogP contribution in [0.2, 0.25) is 0 Å². The molecule has 0 amide bonds. The lowest BCUT2D eigenvalue weighted by atomic mass is 9.77. The number of ether oxygens (including phenoxy) is 1. The molecule has 0 unspecified atom stereocenters. The van der Waals surface area contributed by atoms with Crippen LogP contribution in [0.4, 0.5) is 0 Å². The van der Waals surface area contributed by atoms with Crippen LogP contribution in [0.15, 0.2) is 0 Å². The first-order chi connectivity index (χ1) is 8.06. The number of esters is 1. The molecule has 0 bridgehead atoms. The van der Waals surface area contributed by atoms with Crippen molar-refractivity contribution >= 4 is 11.8 Å². The van der Waals surface area contributed by atoms with Crippen molar-refractivity contribution in [2.75, 3.05) is 6.61 Å². The Bertz CT molecular complexity index is 290. The van der Waals surface area contributed by atoms with Gasteiger partial charge in [-0.2, -0.15) is 0 Å². The van der Waals surface area contributed by atoms with Crippen molar-refractivity contribution in [1.29, 1.82) is 0 Å². The summed E-state index contributed by atoms with van der Waals surface area (Å²) in [6, 6.07) is 0. The van der Waals surface area contributed by atoms with Gasteiger partial charge in [0, 0.05) is 12.3 Å². The van der Waals surface area contributed by atoms with Crippen LogP contribution in [-0.4, -0.2) is 23.9 Å². The molecule has 1 aliphatic rings. The number of nitrogens with two attached hydrogens (primary N) is 1. The van der Waals surface area contributed by atoms with Crippen LogP contribution in [0.25, 0.3) is 0 Å². The van der Waals surface area contributed by atoms with E-state index in [0.717, 1.165) is 19.3 Å². The third-order valence-corrected chi connectivity index (χ3v) is 3.67. The van der Waals surface area contributed by atoms with Gasteiger partial charge in [-0.25, -0.2) is 0 Å². The summed E-state index contributed by atoms with van der Waals surface area (Å²) in [7, 11) is 0. The quantitative estimate of drug-likeness (QED) is 0.602. The van der Waals surface area contributed by atoms with E-state index in [1.165, 1.54) is 0 Å². The summed E-state index contributed by atoms with van der Waals surface area (Å²) < 4.78 is 5.02. The Morgan fingerprint density at radius 2 is 2.12 bits per heavy atom. The van der Waals surface area contributed by atoms with Crippen LogP contribution in [0.5, 0.6) is 0 Å². The molecule has 0 aromatic carbocycles. The Balaban J connectivity index is 2.89. The second-order valence-corrected chi connectivity index (χ2v) is 4.73. The smallest absolute Gasteiger partial charge is 0.326 e. The van der Waals surface area contributed by atoms with Crippen LogP contribution >= 0.6 is 0 Å².